The first-order valence-electron chi connectivity index (χ1n) is 9.50. The van der Waals surface area contributed by atoms with Crippen molar-refractivity contribution < 1.29 is 34.4 Å². The normalized spacial score (nSPS) is 23.4. The Balaban J connectivity index is 0.000000242. The maximum Gasteiger partial charge on any atom is 0.335 e. The quantitative estimate of drug-likeness (QED) is 0.447. The first-order chi connectivity index (χ1) is 13.3. The molecule has 0 amide bonds. The van der Waals surface area contributed by atoms with Crippen LogP contribution in [-0.2, 0) is 22.4 Å². The molecule has 158 valence electrons. The van der Waals surface area contributed by atoms with Gasteiger partial charge in [0.15, 0.2) is 12.2 Å². The van der Waals surface area contributed by atoms with Crippen LogP contribution >= 0.6 is 0 Å². The van der Waals surface area contributed by atoms with Crippen LogP contribution in [0, 0.1) is 5.92 Å². The van der Waals surface area contributed by atoms with Gasteiger partial charge in [0.25, 0.3) is 6.01 Å². The van der Waals surface area contributed by atoms with Crippen LogP contribution < -0.4 is 5.32 Å². The molecule has 28 heavy (non-hydrogen) atoms. The van der Waals surface area contributed by atoms with E-state index in [9.17, 15) is 9.59 Å². The van der Waals surface area contributed by atoms with E-state index < -0.39 is 24.1 Å². The minimum absolute atomic E-state index is 0.681. The molecule has 1 aliphatic carbocycles. The average Bonchev–Trinajstić information content (AvgIpc) is 3.08. The first kappa shape index (κ1) is 22.1. The number of aliphatic carboxylic acids is 2. The molecule has 10 heteroatoms. The van der Waals surface area contributed by atoms with Crippen molar-refractivity contribution in [2.24, 2.45) is 5.92 Å². The first-order valence-corrected chi connectivity index (χ1v) is 9.50. The Hall–Kier alpha value is -2.17. The lowest BCUT2D eigenvalue weighted by molar-refractivity contribution is -0.165. The second kappa shape index (κ2) is 9.85. The lowest BCUT2D eigenvalue weighted by Crippen LogP contribution is -2.49. The molecule has 4 atom stereocenters. The fourth-order valence-electron chi connectivity index (χ4n) is 3.83. The van der Waals surface area contributed by atoms with Crippen molar-refractivity contribution >= 4 is 18.0 Å². The number of carboxylic acids is 2. The second-order valence-corrected chi connectivity index (χ2v) is 7.12. The van der Waals surface area contributed by atoms with E-state index in [1.807, 2.05) is 7.05 Å². The summed E-state index contributed by atoms with van der Waals surface area (Å²) >= 11 is 0. The van der Waals surface area contributed by atoms with Crippen LogP contribution in [-0.4, -0.2) is 80.6 Å². The van der Waals surface area contributed by atoms with Gasteiger partial charge in [0.2, 0.25) is 0 Å². The molecule has 2 unspecified atom stereocenters. The highest BCUT2D eigenvalue weighted by molar-refractivity contribution is 5.83. The van der Waals surface area contributed by atoms with E-state index in [0.29, 0.717) is 12.1 Å². The standard InChI is InChI=1S/C14H23N3O.C4H6O6/c1-3-6-17-7-4-5-10-8-11-13(9-12(10)17)18-14(15-2)16-11;5-1(3(7)8)2(6)4(9)10/h10,12H,3-9H2,1-2H3,(H,15,16);1-2,5-6H,(H,7,8)(H,9,10)/t10-,12-;/m1./s1. The summed E-state index contributed by atoms with van der Waals surface area (Å²) in [6, 6.07) is 1.37. The third-order valence-electron chi connectivity index (χ3n) is 5.19. The molecule has 1 aromatic rings. The zero-order valence-electron chi connectivity index (χ0n) is 16.2. The average molecular weight is 399 g/mol. The van der Waals surface area contributed by atoms with Crippen molar-refractivity contribution in [3.05, 3.63) is 11.5 Å². The summed E-state index contributed by atoms with van der Waals surface area (Å²) in [5, 5.41) is 35.5. The second-order valence-electron chi connectivity index (χ2n) is 7.12. The number of anilines is 1. The Morgan fingerprint density at radius 1 is 1.25 bits per heavy atom. The van der Waals surface area contributed by atoms with Crippen molar-refractivity contribution in [1.82, 2.24) is 9.88 Å². The molecule has 2 heterocycles. The lowest BCUT2D eigenvalue weighted by atomic mass is 9.79. The number of aromatic nitrogens is 1. The van der Waals surface area contributed by atoms with Gasteiger partial charge in [0.05, 0.1) is 5.69 Å². The minimum Gasteiger partial charge on any atom is -0.479 e. The van der Waals surface area contributed by atoms with E-state index in [4.69, 9.17) is 24.8 Å². The number of piperidine rings is 1. The summed E-state index contributed by atoms with van der Waals surface area (Å²) in [6.07, 6.45) is 1.56. The number of nitrogens with one attached hydrogen (secondary N) is 1. The summed E-state index contributed by atoms with van der Waals surface area (Å²) < 4.78 is 5.78. The van der Waals surface area contributed by atoms with E-state index in [1.54, 1.807) is 0 Å². The fourth-order valence-corrected chi connectivity index (χ4v) is 3.83. The molecular weight excluding hydrogens is 370 g/mol. The molecule has 0 saturated carbocycles. The van der Waals surface area contributed by atoms with Crippen molar-refractivity contribution in [3.63, 3.8) is 0 Å². The molecule has 1 aromatic heterocycles. The van der Waals surface area contributed by atoms with Crippen molar-refractivity contribution in [2.45, 2.75) is 57.3 Å². The SMILES string of the molecule is CCCN1CCC[C@@H]2Cc3nc(NC)oc3C[C@H]21.O=C(O)C(O)C(O)C(=O)O. The number of hydrogen-bond acceptors (Lipinski definition) is 8. The Morgan fingerprint density at radius 2 is 1.89 bits per heavy atom. The number of oxazole rings is 1. The number of aliphatic hydroxyl groups excluding tert-OH is 2. The number of rotatable bonds is 6. The smallest absolute Gasteiger partial charge is 0.335 e. The van der Waals surface area contributed by atoms with Gasteiger partial charge in [-0.2, -0.15) is 4.98 Å². The van der Waals surface area contributed by atoms with E-state index in [2.05, 4.69) is 22.1 Å². The number of carbonyl (C=O) groups is 2. The van der Waals surface area contributed by atoms with Crippen molar-refractivity contribution in [3.8, 4) is 0 Å². The summed E-state index contributed by atoms with van der Waals surface area (Å²) in [4.78, 5) is 26.7. The molecule has 0 bridgehead atoms. The van der Waals surface area contributed by atoms with Gasteiger partial charge in [-0.1, -0.05) is 6.92 Å². The van der Waals surface area contributed by atoms with Crippen LogP contribution in [0.1, 0.15) is 37.6 Å². The molecule has 1 fully saturated rings. The molecule has 5 N–H and O–H groups in total. The van der Waals surface area contributed by atoms with Gasteiger partial charge in [-0.15, -0.1) is 0 Å². The number of nitrogens with zero attached hydrogens (tertiary/aromatic N) is 2. The molecular formula is C18H29N3O7. The van der Waals surface area contributed by atoms with E-state index in [0.717, 1.165) is 24.5 Å². The molecule has 0 aromatic carbocycles. The predicted molar refractivity (Wildman–Crippen MR) is 99.1 cm³/mol. The van der Waals surface area contributed by atoms with Gasteiger partial charge in [-0.05, 0) is 44.7 Å². The molecule has 1 aliphatic heterocycles. The van der Waals surface area contributed by atoms with Crippen LogP contribution in [0.15, 0.2) is 4.42 Å². The van der Waals surface area contributed by atoms with Gasteiger partial charge in [-0.3, -0.25) is 4.90 Å². The van der Waals surface area contributed by atoms with Crippen LogP contribution in [0.5, 0.6) is 0 Å². The molecule has 0 spiro atoms. The van der Waals surface area contributed by atoms with Gasteiger partial charge < -0.3 is 30.2 Å². The molecule has 2 aliphatic rings. The zero-order chi connectivity index (χ0) is 20.8. The lowest BCUT2D eigenvalue weighted by Gasteiger charge is -2.43. The van der Waals surface area contributed by atoms with E-state index in [1.165, 1.54) is 38.0 Å². The van der Waals surface area contributed by atoms with E-state index in [-0.39, 0.29) is 0 Å². The maximum absolute atomic E-state index is 9.77. The molecule has 1 saturated heterocycles. The highest BCUT2D eigenvalue weighted by Gasteiger charge is 2.37. The summed E-state index contributed by atoms with van der Waals surface area (Å²) in [7, 11) is 1.87. The number of likely N-dealkylation sites (tertiary alicyclic amines) is 1. The molecule has 10 nitrogen and oxygen atoms in total. The third-order valence-corrected chi connectivity index (χ3v) is 5.19. The van der Waals surface area contributed by atoms with Gasteiger partial charge in [-0.25, -0.2) is 9.59 Å². The predicted octanol–water partition coefficient (Wildman–Crippen LogP) is 0.183. The van der Waals surface area contributed by atoms with Crippen LogP contribution in [0.2, 0.25) is 0 Å². The molecule has 0 radical (unpaired) electrons. The van der Waals surface area contributed by atoms with Crippen molar-refractivity contribution in [1.29, 1.82) is 0 Å². The monoisotopic (exact) mass is 399 g/mol. The highest BCUT2D eigenvalue weighted by Crippen LogP contribution is 2.35. The topological polar surface area (TPSA) is 156 Å². The number of fused-ring (bicyclic) bond motifs is 2. The Bertz CT molecular complexity index is 658. The Morgan fingerprint density at radius 3 is 2.43 bits per heavy atom. The van der Waals surface area contributed by atoms with Crippen molar-refractivity contribution in [2.75, 3.05) is 25.5 Å². The summed E-state index contributed by atoms with van der Waals surface area (Å²) in [5.41, 5.74) is 1.19. The van der Waals surface area contributed by atoms with Gasteiger partial charge >= 0.3 is 11.9 Å². The van der Waals surface area contributed by atoms with Crippen LogP contribution in [0.3, 0.4) is 0 Å². The number of aliphatic hydroxyl groups is 2. The van der Waals surface area contributed by atoms with Crippen LogP contribution in [0.4, 0.5) is 6.01 Å². The maximum atomic E-state index is 9.77. The Kier molecular flexibility index (Phi) is 7.78. The highest BCUT2D eigenvalue weighted by atomic mass is 16.4. The Labute approximate surface area is 163 Å². The molecule has 3 rings (SSSR count). The zero-order valence-corrected chi connectivity index (χ0v) is 16.2. The number of hydrogen-bond donors (Lipinski definition) is 5. The van der Waals surface area contributed by atoms with Gasteiger partial charge in [0, 0.05) is 19.5 Å². The van der Waals surface area contributed by atoms with Gasteiger partial charge in [0.1, 0.15) is 5.76 Å². The largest absolute Gasteiger partial charge is 0.479 e. The summed E-state index contributed by atoms with van der Waals surface area (Å²) in [5.74, 6) is -1.64. The van der Waals surface area contributed by atoms with Crippen LogP contribution in [0.25, 0.3) is 0 Å². The summed E-state index contributed by atoms with van der Waals surface area (Å²) in [6.45, 7) is 4.76. The van der Waals surface area contributed by atoms with E-state index >= 15 is 0 Å². The number of carboxylic acid groups (broad SMARTS) is 2. The minimum atomic E-state index is -2.27. The third kappa shape index (κ3) is 5.21. The fraction of sp³-hybridized carbons (Fsp3) is 0.722.